The second-order valence-corrected chi connectivity index (χ2v) is 10.9. The van der Waals surface area contributed by atoms with E-state index in [1.165, 1.54) is 0 Å². The zero-order valence-corrected chi connectivity index (χ0v) is 22.2. The molecule has 1 aliphatic rings. The van der Waals surface area contributed by atoms with Crippen molar-refractivity contribution in [2.75, 3.05) is 6.54 Å². The molecule has 36 heavy (non-hydrogen) atoms. The van der Waals surface area contributed by atoms with Crippen LogP contribution >= 0.6 is 0 Å². The Kier molecular flexibility index (Phi) is 8.31. The van der Waals surface area contributed by atoms with Crippen LogP contribution in [0.1, 0.15) is 70.0 Å². The van der Waals surface area contributed by atoms with Crippen LogP contribution in [-0.2, 0) is 25.4 Å². The molecule has 1 aliphatic heterocycles. The normalized spacial score (nSPS) is 17.0. The zero-order chi connectivity index (χ0) is 26.6. The zero-order valence-electron chi connectivity index (χ0n) is 22.2. The number of benzene rings is 2. The average Bonchev–Trinajstić information content (AvgIpc) is 3.01. The largest absolute Gasteiger partial charge is 0.492 e. The molecular weight excluding hydrogens is 457 g/mol. The van der Waals surface area contributed by atoms with Crippen molar-refractivity contribution in [1.82, 2.24) is 5.32 Å². The van der Waals surface area contributed by atoms with Gasteiger partial charge in [-0.05, 0) is 77.2 Å². The predicted molar refractivity (Wildman–Crippen MR) is 140 cm³/mol. The van der Waals surface area contributed by atoms with Crippen LogP contribution in [0.3, 0.4) is 0 Å². The molecule has 1 amide bonds. The fourth-order valence-corrected chi connectivity index (χ4v) is 3.45. The van der Waals surface area contributed by atoms with Crippen molar-refractivity contribution in [3.8, 4) is 0 Å². The van der Waals surface area contributed by atoms with E-state index in [0.29, 0.717) is 11.0 Å². The molecule has 2 aromatic rings. The minimum atomic E-state index is -0.686. The maximum atomic E-state index is 12.6. The van der Waals surface area contributed by atoms with E-state index in [4.69, 9.17) is 18.8 Å². The first kappa shape index (κ1) is 27.5. The third kappa shape index (κ3) is 7.45. The van der Waals surface area contributed by atoms with Crippen LogP contribution in [0, 0.1) is 0 Å². The molecule has 7 nitrogen and oxygen atoms in total. The van der Waals surface area contributed by atoms with Gasteiger partial charge in [0, 0.05) is 6.54 Å². The molecule has 0 unspecified atom stereocenters. The number of carbonyl (C=O) groups is 2. The van der Waals surface area contributed by atoms with E-state index in [0.717, 1.165) is 11.1 Å². The van der Waals surface area contributed by atoms with Gasteiger partial charge in [0.2, 0.25) is 0 Å². The van der Waals surface area contributed by atoms with Gasteiger partial charge in [-0.2, -0.15) is 0 Å². The molecule has 1 heterocycles. The van der Waals surface area contributed by atoms with Crippen LogP contribution in [0.5, 0.6) is 0 Å². The van der Waals surface area contributed by atoms with E-state index in [2.05, 4.69) is 5.32 Å². The van der Waals surface area contributed by atoms with E-state index in [1.807, 2.05) is 90.9 Å². The summed E-state index contributed by atoms with van der Waals surface area (Å²) >= 11 is 0. The molecule has 192 valence electrons. The molecule has 1 saturated heterocycles. The number of alkyl carbamates (subject to hydrolysis) is 1. The summed E-state index contributed by atoms with van der Waals surface area (Å²) in [4.78, 5) is 25.0. The number of nitrogens with one attached hydrogen (secondary N) is 1. The molecule has 0 radical (unpaired) electrons. The van der Waals surface area contributed by atoms with Crippen LogP contribution < -0.4 is 5.32 Å². The highest BCUT2D eigenvalue weighted by Crippen LogP contribution is 2.38. The van der Waals surface area contributed by atoms with Gasteiger partial charge >= 0.3 is 19.2 Å². The Morgan fingerprint density at radius 3 is 2.22 bits per heavy atom. The van der Waals surface area contributed by atoms with Crippen LogP contribution in [-0.4, -0.2) is 42.5 Å². The molecule has 0 aromatic heterocycles. The van der Waals surface area contributed by atoms with E-state index >= 15 is 0 Å². The predicted octanol–water partition coefficient (Wildman–Crippen LogP) is 5.58. The second kappa shape index (κ2) is 10.9. The van der Waals surface area contributed by atoms with Gasteiger partial charge in [-0.25, -0.2) is 9.59 Å². The van der Waals surface area contributed by atoms with Crippen LogP contribution in [0.2, 0.25) is 0 Å². The van der Waals surface area contributed by atoms with Gasteiger partial charge in [0.15, 0.2) is 0 Å². The smallest absolute Gasteiger partial charge is 0.456 e. The summed E-state index contributed by atoms with van der Waals surface area (Å²) in [6.07, 6.45) is 1.30. The molecule has 3 rings (SSSR count). The lowest BCUT2D eigenvalue weighted by Gasteiger charge is -2.32. The molecule has 1 N–H and O–H groups in total. The minimum Gasteiger partial charge on any atom is -0.456 e. The van der Waals surface area contributed by atoms with Gasteiger partial charge in [-0.1, -0.05) is 48.5 Å². The number of ether oxygens (including phenoxy) is 2. The van der Waals surface area contributed by atoms with Crippen LogP contribution in [0.15, 0.2) is 60.1 Å². The number of carbonyl (C=O) groups excluding carboxylic acids is 2. The number of amides is 1. The maximum absolute atomic E-state index is 12.6. The Balaban J connectivity index is 1.79. The maximum Gasteiger partial charge on any atom is 0.492 e. The Labute approximate surface area is 214 Å². The third-order valence-corrected chi connectivity index (χ3v) is 6.08. The highest BCUT2D eigenvalue weighted by atomic mass is 16.7. The number of esters is 1. The summed E-state index contributed by atoms with van der Waals surface area (Å²) in [6, 6.07) is 16.6. The first-order chi connectivity index (χ1) is 16.8. The standard InChI is InChI=1S/C28H36BNO6/c1-26(2,3)34-24(31)22-15-11-14-21(16-22)17-23(29-35-27(4,5)28(6,7)36-29)18-30-25(32)33-19-20-12-9-8-10-13-20/h8-17H,18-19H2,1-7H3,(H,30,32). The SMILES string of the molecule is CC(C)(C)OC(=O)c1cccc(C=C(CNC(=O)OCc2ccccc2)B2OC(C)(C)C(C)(C)O2)c1. The van der Waals surface area contributed by atoms with Crippen molar-refractivity contribution in [2.45, 2.75) is 71.9 Å². The van der Waals surface area contributed by atoms with Gasteiger partial charge in [0.25, 0.3) is 0 Å². The number of rotatable bonds is 7. The summed E-state index contributed by atoms with van der Waals surface area (Å²) < 4.78 is 23.3. The van der Waals surface area contributed by atoms with E-state index in [9.17, 15) is 9.59 Å². The van der Waals surface area contributed by atoms with Gasteiger partial charge in [0.1, 0.15) is 12.2 Å². The highest BCUT2D eigenvalue weighted by molar-refractivity contribution is 6.56. The average molecular weight is 493 g/mol. The summed E-state index contributed by atoms with van der Waals surface area (Å²) in [6.45, 7) is 13.7. The van der Waals surface area contributed by atoms with Gasteiger partial charge in [-0.3, -0.25) is 0 Å². The summed E-state index contributed by atoms with van der Waals surface area (Å²) in [5, 5.41) is 2.79. The number of hydrogen-bond donors (Lipinski definition) is 1. The van der Waals surface area contributed by atoms with Crippen molar-refractivity contribution in [1.29, 1.82) is 0 Å². The van der Waals surface area contributed by atoms with Crippen LogP contribution in [0.25, 0.3) is 6.08 Å². The van der Waals surface area contributed by atoms with Crippen molar-refractivity contribution in [2.24, 2.45) is 0 Å². The fraction of sp³-hybridized carbons (Fsp3) is 0.429. The van der Waals surface area contributed by atoms with Gasteiger partial charge in [0.05, 0.1) is 16.8 Å². The lowest BCUT2D eigenvalue weighted by atomic mass is 9.77. The highest BCUT2D eigenvalue weighted by Gasteiger charge is 2.52. The van der Waals surface area contributed by atoms with E-state index < -0.39 is 36.0 Å². The molecule has 1 fully saturated rings. The van der Waals surface area contributed by atoms with Crippen molar-refractivity contribution < 1.29 is 28.4 Å². The van der Waals surface area contributed by atoms with E-state index in [-0.39, 0.29) is 13.2 Å². The monoisotopic (exact) mass is 493 g/mol. The molecule has 0 atom stereocenters. The summed E-state index contributed by atoms with van der Waals surface area (Å²) in [5.41, 5.74) is 1.07. The van der Waals surface area contributed by atoms with E-state index in [1.54, 1.807) is 18.2 Å². The Bertz CT molecular complexity index is 1090. The summed E-state index contributed by atoms with van der Waals surface area (Å²) in [5.74, 6) is -0.405. The number of hydrogen-bond acceptors (Lipinski definition) is 6. The first-order valence-corrected chi connectivity index (χ1v) is 12.1. The Morgan fingerprint density at radius 1 is 0.972 bits per heavy atom. The molecule has 0 spiro atoms. The summed E-state index contributed by atoms with van der Waals surface area (Å²) in [7, 11) is -0.686. The molecule has 0 saturated carbocycles. The third-order valence-electron chi connectivity index (χ3n) is 6.08. The quantitative estimate of drug-likeness (QED) is 0.400. The second-order valence-electron chi connectivity index (χ2n) is 10.9. The molecule has 8 heteroatoms. The topological polar surface area (TPSA) is 83.1 Å². The minimum absolute atomic E-state index is 0.140. The Morgan fingerprint density at radius 2 is 1.61 bits per heavy atom. The molecule has 2 aromatic carbocycles. The molecule has 0 aliphatic carbocycles. The lowest BCUT2D eigenvalue weighted by molar-refractivity contribution is 0.00578. The van der Waals surface area contributed by atoms with Crippen molar-refractivity contribution in [3.63, 3.8) is 0 Å². The van der Waals surface area contributed by atoms with Gasteiger partial charge in [-0.15, -0.1) is 0 Å². The molecule has 0 bridgehead atoms. The van der Waals surface area contributed by atoms with Gasteiger partial charge < -0.3 is 24.1 Å². The fourth-order valence-electron chi connectivity index (χ4n) is 3.45. The van der Waals surface area contributed by atoms with Crippen molar-refractivity contribution >= 4 is 25.3 Å². The first-order valence-electron chi connectivity index (χ1n) is 12.1. The molecular formula is C28H36BNO6. The Hall–Kier alpha value is -3.10. The lowest BCUT2D eigenvalue weighted by Crippen LogP contribution is -2.41. The van der Waals surface area contributed by atoms with Crippen molar-refractivity contribution in [3.05, 3.63) is 76.8 Å². The van der Waals surface area contributed by atoms with Crippen LogP contribution in [0.4, 0.5) is 4.79 Å².